The number of hydrogen-bond acceptors (Lipinski definition) is 3. The van der Waals surface area contributed by atoms with Gasteiger partial charge in [-0.25, -0.2) is 4.99 Å². The first-order valence-corrected chi connectivity index (χ1v) is 4.99. The van der Waals surface area contributed by atoms with E-state index in [0.29, 0.717) is 18.2 Å². The highest BCUT2D eigenvalue weighted by atomic mass is 16.5. The van der Waals surface area contributed by atoms with E-state index in [1.165, 1.54) is 0 Å². The van der Waals surface area contributed by atoms with Gasteiger partial charge in [-0.3, -0.25) is 0 Å². The molecule has 0 saturated carbocycles. The van der Waals surface area contributed by atoms with E-state index in [1.807, 2.05) is 26.0 Å². The molecule has 82 valence electrons. The minimum absolute atomic E-state index is 0.154. The molecule has 0 fully saturated rings. The van der Waals surface area contributed by atoms with E-state index in [4.69, 9.17) is 10.3 Å². The van der Waals surface area contributed by atoms with Gasteiger partial charge in [0.25, 0.3) is 0 Å². The fourth-order valence-corrected chi connectivity index (χ4v) is 1.45. The lowest BCUT2D eigenvalue weighted by Crippen LogP contribution is -2.17. The fourth-order valence-electron chi connectivity index (χ4n) is 1.45. The summed E-state index contributed by atoms with van der Waals surface area (Å²) in [5, 5.41) is 3.50. The minimum atomic E-state index is -0.154. The van der Waals surface area contributed by atoms with E-state index in [1.54, 1.807) is 12.1 Å². The smallest absolute Gasteiger partial charge is 0.216 e. The predicted octanol–water partition coefficient (Wildman–Crippen LogP) is 3.18. The third-order valence-electron chi connectivity index (χ3n) is 2.24. The van der Waals surface area contributed by atoms with Crippen molar-refractivity contribution in [2.45, 2.75) is 19.4 Å². The Morgan fingerprint density at radius 3 is 2.56 bits per heavy atom. The molecule has 1 aromatic carbocycles. The first-order chi connectivity index (χ1) is 7.61. The van der Waals surface area contributed by atoms with Crippen LogP contribution in [0.3, 0.4) is 0 Å². The second kappa shape index (κ2) is 3.87. The van der Waals surface area contributed by atoms with Crippen molar-refractivity contribution < 1.29 is 4.74 Å². The third-order valence-corrected chi connectivity index (χ3v) is 2.24. The van der Waals surface area contributed by atoms with Crippen molar-refractivity contribution >= 4 is 11.6 Å². The van der Waals surface area contributed by atoms with E-state index in [0.717, 1.165) is 5.56 Å². The fraction of sp³-hybridized carbons (Fsp3) is 0.364. The molecule has 0 bridgehead atoms. The van der Waals surface area contributed by atoms with Gasteiger partial charge in [-0.15, -0.1) is 0 Å². The van der Waals surface area contributed by atoms with Crippen LogP contribution in [0, 0.1) is 0 Å². The Morgan fingerprint density at radius 1 is 1.38 bits per heavy atom. The average molecular weight is 216 g/mol. The van der Waals surface area contributed by atoms with Crippen molar-refractivity contribution in [3.8, 4) is 0 Å². The monoisotopic (exact) mass is 216 g/mol. The maximum Gasteiger partial charge on any atom is 0.216 e. The molecule has 1 aliphatic rings. The van der Waals surface area contributed by atoms with Crippen LogP contribution in [0.5, 0.6) is 0 Å². The van der Waals surface area contributed by atoms with Crippen molar-refractivity contribution in [1.82, 2.24) is 0 Å². The molecule has 1 aromatic rings. The van der Waals surface area contributed by atoms with E-state index in [-0.39, 0.29) is 5.54 Å². The lowest BCUT2D eigenvalue weighted by Gasteiger charge is -2.07. The maximum absolute atomic E-state index is 8.28. The van der Waals surface area contributed by atoms with Gasteiger partial charge in [-0.2, -0.15) is 0 Å². The van der Waals surface area contributed by atoms with Crippen LogP contribution in [0.1, 0.15) is 19.4 Å². The molecule has 5 nitrogen and oxygen atoms in total. The molecule has 1 heterocycles. The number of nitrogens with zero attached hydrogens (tertiary/aromatic N) is 4. The van der Waals surface area contributed by atoms with E-state index in [2.05, 4.69) is 15.0 Å². The van der Waals surface area contributed by atoms with Crippen molar-refractivity contribution in [2.24, 2.45) is 10.1 Å². The van der Waals surface area contributed by atoms with Crippen molar-refractivity contribution in [3.05, 3.63) is 40.3 Å². The van der Waals surface area contributed by atoms with Crippen LogP contribution in [-0.2, 0) is 4.74 Å². The molecule has 1 aliphatic heterocycles. The number of aliphatic imine (C=N–C) groups is 1. The number of azide groups is 1. The summed E-state index contributed by atoms with van der Waals surface area (Å²) in [6.07, 6.45) is 0. The van der Waals surface area contributed by atoms with Gasteiger partial charge in [-0.1, -0.05) is 17.2 Å². The number of rotatable bonds is 2. The molecule has 0 saturated heterocycles. The van der Waals surface area contributed by atoms with Gasteiger partial charge < -0.3 is 4.74 Å². The Labute approximate surface area is 93.4 Å². The normalized spacial score (nSPS) is 17.2. The second-order valence-corrected chi connectivity index (χ2v) is 4.25. The zero-order chi connectivity index (χ0) is 11.6. The van der Waals surface area contributed by atoms with Gasteiger partial charge in [0.05, 0.1) is 5.54 Å². The summed E-state index contributed by atoms with van der Waals surface area (Å²) in [5.41, 5.74) is 9.62. The second-order valence-electron chi connectivity index (χ2n) is 4.25. The van der Waals surface area contributed by atoms with Crippen LogP contribution < -0.4 is 0 Å². The lowest BCUT2D eigenvalue weighted by molar-refractivity contribution is 0.279. The summed E-state index contributed by atoms with van der Waals surface area (Å²) in [6.45, 7) is 4.64. The highest BCUT2D eigenvalue weighted by molar-refractivity contribution is 5.95. The molecule has 0 unspecified atom stereocenters. The van der Waals surface area contributed by atoms with Gasteiger partial charge in [-0.05, 0) is 31.5 Å². The standard InChI is InChI=1S/C11H12N4O/c1-11(2)7-16-10(13-11)8-3-5-9(6-4-8)14-15-12/h3-6H,7H2,1-2H3. The Morgan fingerprint density at radius 2 is 2.06 bits per heavy atom. The van der Waals surface area contributed by atoms with E-state index >= 15 is 0 Å². The molecule has 16 heavy (non-hydrogen) atoms. The molecule has 0 spiro atoms. The van der Waals surface area contributed by atoms with Crippen molar-refractivity contribution in [3.63, 3.8) is 0 Å². The summed E-state index contributed by atoms with van der Waals surface area (Å²) >= 11 is 0. The van der Waals surface area contributed by atoms with Gasteiger partial charge in [0.2, 0.25) is 5.90 Å². The highest BCUT2D eigenvalue weighted by Gasteiger charge is 2.26. The average Bonchev–Trinajstić information content (AvgIpc) is 2.61. The first-order valence-electron chi connectivity index (χ1n) is 4.99. The predicted molar refractivity (Wildman–Crippen MR) is 61.8 cm³/mol. The van der Waals surface area contributed by atoms with Crippen LogP contribution in [0.2, 0.25) is 0 Å². The first kappa shape index (κ1) is 10.5. The van der Waals surface area contributed by atoms with Crippen LogP contribution in [0.15, 0.2) is 34.4 Å². The number of hydrogen-bond donors (Lipinski definition) is 0. The highest BCUT2D eigenvalue weighted by Crippen LogP contribution is 2.22. The quantitative estimate of drug-likeness (QED) is 0.425. The molecule has 0 amide bonds. The van der Waals surface area contributed by atoms with Gasteiger partial charge >= 0.3 is 0 Å². The molecule has 5 heteroatoms. The molecule has 0 radical (unpaired) electrons. The molecule has 0 N–H and O–H groups in total. The topological polar surface area (TPSA) is 70.3 Å². The Hall–Kier alpha value is -2.00. The van der Waals surface area contributed by atoms with Gasteiger partial charge in [0.1, 0.15) is 6.61 Å². The molecular formula is C11H12N4O. The number of benzene rings is 1. The summed E-state index contributed by atoms with van der Waals surface area (Å²) in [7, 11) is 0. The van der Waals surface area contributed by atoms with Crippen LogP contribution in [-0.4, -0.2) is 18.0 Å². The maximum atomic E-state index is 8.28. The Kier molecular flexibility index (Phi) is 2.54. The molecule has 0 atom stereocenters. The zero-order valence-electron chi connectivity index (χ0n) is 9.21. The molecule has 0 aliphatic carbocycles. The molecular weight excluding hydrogens is 204 g/mol. The van der Waals surface area contributed by atoms with Gasteiger partial charge in [0, 0.05) is 16.2 Å². The van der Waals surface area contributed by atoms with Crippen LogP contribution >= 0.6 is 0 Å². The largest absolute Gasteiger partial charge is 0.475 e. The summed E-state index contributed by atoms with van der Waals surface area (Å²) in [6, 6.07) is 7.16. The molecule has 2 rings (SSSR count). The van der Waals surface area contributed by atoms with E-state index in [9.17, 15) is 0 Å². The number of ether oxygens (including phenoxy) is 1. The Bertz CT molecular complexity index is 469. The third kappa shape index (κ3) is 2.15. The van der Waals surface area contributed by atoms with Crippen molar-refractivity contribution in [1.29, 1.82) is 0 Å². The van der Waals surface area contributed by atoms with E-state index < -0.39 is 0 Å². The van der Waals surface area contributed by atoms with Crippen molar-refractivity contribution in [2.75, 3.05) is 6.61 Å². The Balaban J connectivity index is 2.26. The zero-order valence-corrected chi connectivity index (χ0v) is 9.21. The minimum Gasteiger partial charge on any atom is -0.475 e. The van der Waals surface area contributed by atoms with Crippen LogP contribution in [0.25, 0.3) is 10.4 Å². The summed E-state index contributed by atoms with van der Waals surface area (Å²) in [4.78, 5) is 7.18. The lowest BCUT2D eigenvalue weighted by atomic mass is 10.1. The van der Waals surface area contributed by atoms with Gasteiger partial charge in [0.15, 0.2) is 0 Å². The molecule has 0 aromatic heterocycles. The summed E-state index contributed by atoms with van der Waals surface area (Å²) < 4.78 is 5.50. The summed E-state index contributed by atoms with van der Waals surface area (Å²) in [5.74, 6) is 0.650. The van der Waals surface area contributed by atoms with Crippen LogP contribution in [0.4, 0.5) is 5.69 Å². The SMILES string of the molecule is CC1(C)COC(c2ccc(N=[N+]=[N-])cc2)=N1.